The summed E-state index contributed by atoms with van der Waals surface area (Å²) >= 11 is 0. The molecule has 0 aliphatic rings. The minimum Gasteiger partial charge on any atom is -0.444 e. The molecule has 0 aromatic carbocycles. The fraction of sp³-hybridized carbons (Fsp3) is 0.879. The lowest BCUT2D eigenvalue weighted by Crippen LogP contribution is -2.58. The van der Waals surface area contributed by atoms with Crippen LogP contribution in [0.3, 0.4) is 0 Å². The summed E-state index contributed by atoms with van der Waals surface area (Å²) in [6.45, 7) is 25.3. The van der Waals surface area contributed by atoms with Gasteiger partial charge in [0.15, 0.2) is 11.7 Å². The van der Waals surface area contributed by atoms with Crippen molar-refractivity contribution in [3.8, 4) is 0 Å². The summed E-state index contributed by atoms with van der Waals surface area (Å²) in [5, 5.41) is 24.9. The molecule has 0 aliphatic heterocycles. The van der Waals surface area contributed by atoms with Crippen LogP contribution >= 0.6 is 0 Å². The molecule has 0 aromatic heterocycles. The van der Waals surface area contributed by atoms with Crippen molar-refractivity contribution in [3.05, 3.63) is 0 Å². The lowest BCUT2D eigenvalue weighted by molar-refractivity contribution is -0.133. The van der Waals surface area contributed by atoms with Gasteiger partial charge in [-0.3, -0.25) is 20.3 Å². The predicted octanol–water partition coefficient (Wildman–Crippen LogP) is 13.6. The van der Waals surface area contributed by atoms with Crippen LogP contribution in [0, 0.1) is 11.3 Å². The zero-order valence-electron chi connectivity index (χ0n) is 49.9. The van der Waals surface area contributed by atoms with Crippen LogP contribution in [0.1, 0.15) is 270 Å². The number of nitrogens with one attached hydrogen (secondary N) is 7. The number of carbonyl (C=O) groups is 6. The Labute approximate surface area is 455 Å². The molecule has 7 N–H and O–H groups in total. The number of hydrogen-bond donors (Lipinski definition) is 7. The zero-order chi connectivity index (χ0) is 56.9. The molecule has 0 bridgehead atoms. The SMILES string of the molecule is CCCCCCCCCCCCCC(CCCCCCCCCCCC)NC(=O)[C@@H](NC(=O)OC(C)(C)C)C(CCCNC(=O)OC(C)(C)C)C(=O)[C@H](CCCNC(=N)NC(=O)OC(C)(C)C)NC(=O)OC(C)(C)C. The van der Waals surface area contributed by atoms with Gasteiger partial charge in [-0.05, 0) is 122 Å². The van der Waals surface area contributed by atoms with E-state index >= 15 is 9.59 Å². The van der Waals surface area contributed by atoms with Gasteiger partial charge in [-0.15, -0.1) is 0 Å². The molecule has 438 valence electrons. The maximum absolute atomic E-state index is 15.2. The molecular weight excluding hydrogens is 955 g/mol. The summed E-state index contributed by atoms with van der Waals surface area (Å²) in [6.07, 6.45) is 23.7. The second kappa shape index (κ2) is 39.1. The Kier molecular flexibility index (Phi) is 36.9. The summed E-state index contributed by atoms with van der Waals surface area (Å²) < 4.78 is 22.0. The number of guanidine groups is 1. The second-order valence-corrected chi connectivity index (χ2v) is 24.5. The molecule has 0 aliphatic carbocycles. The molecule has 0 fully saturated rings. The number of amides is 5. The second-order valence-electron chi connectivity index (χ2n) is 24.5. The van der Waals surface area contributed by atoms with Gasteiger partial charge in [-0.25, -0.2) is 19.2 Å². The van der Waals surface area contributed by atoms with Gasteiger partial charge in [0.05, 0.1) is 6.04 Å². The molecule has 0 radical (unpaired) electrons. The van der Waals surface area contributed by atoms with Crippen molar-refractivity contribution >= 4 is 42.0 Å². The summed E-state index contributed by atoms with van der Waals surface area (Å²) in [7, 11) is 0. The minimum atomic E-state index is -1.44. The molecule has 17 nitrogen and oxygen atoms in total. The summed E-state index contributed by atoms with van der Waals surface area (Å²) in [6, 6.07) is -2.88. The molecule has 5 amide bonds. The topological polar surface area (TPSA) is 235 Å². The van der Waals surface area contributed by atoms with Crippen molar-refractivity contribution in [1.82, 2.24) is 31.9 Å². The van der Waals surface area contributed by atoms with Crippen LogP contribution in [-0.4, -0.2) is 95.6 Å². The molecule has 4 atom stereocenters. The quantitative estimate of drug-likeness (QED) is 0.0133. The van der Waals surface area contributed by atoms with E-state index in [0.29, 0.717) is 0 Å². The van der Waals surface area contributed by atoms with Crippen molar-refractivity contribution in [2.45, 2.75) is 311 Å². The Hall–Kier alpha value is -4.31. The van der Waals surface area contributed by atoms with E-state index in [1.807, 2.05) is 0 Å². The highest BCUT2D eigenvalue weighted by molar-refractivity contribution is 5.96. The first kappa shape index (κ1) is 70.7. The van der Waals surface area contributed by atoms with E-state index in [9.17, 15) is 19.2 Å². The van der Waals surface area contributed by atoms with Crippen LogP contribution in [0.4, 0.5) is 19.2 Å². The molecule has 0 aromatic rings. The van der Waals surface area contributed by atoms with E-state index in [4.69, 9.17) is 24.4 Å². The first-order chi connectivity index (χ1) is 35.1. The maximum atomic E-state index is 15.2. The Morgan fingerprint density at radius 2 is 0.760 bits per heavy atom. The lowest BCUT2D eigenvalue weighted by atomic mass is 9.84. The Morgan fingerprint density at radius 1 is 0.400 bits per heavy atom. The Balaban J connectivity index is 6.92. The number of hydrogen-bond acceptors (Lipinski definition) is 11. The number of Topliss-reactive ketones (excluding diaryl/α,β-unsaturated/α-hetero) is 1. The number of ketones is 1. The van der Waals surface area contributed by atoms with E-state index in [2.05, 4.69) is 45.7 Å². The van der Waals surface area contributed by atoms with Crippen LogP contribution in [0.15, 0.2) is 0 Å². The normalized spacial score (nSPS) is 13.6. The van der Waals surface area contributed by atoms with E-state index < -0.39 is 76.5 Å². The molecule has 0 rings (SSSR count). The van der Waals surface area contributed by atoms with Crippen LogP contribution < -0.4 is 31.9 Å². The average Bonchev–Trinajstić information content (AvgIpc) is 3.26. The summed E-state index contributed by atoms with van der Waals surface area (Å²) in [5.41, 5.74) is -3.37. The van der Waals surface area contributed by atoms with Gasteiger partial charge < -0.3 is 45.5 Å². The van der Waals surface area contributed by atoms with Gasteiger partial charge in [-0.2, -0.15) is 0 Å². The van der Waals surface area contributed by atoms with Gasteiger partial charge in [0.25, 0.3) is 0 Å². The van der Waals surface area contributed by atoms with Crippen molar-refractivity contribution in [2.75, 3.05) is 13.1 Å². The molecule has 0 saturated carbocycles. The Bertz CT molecular complexity index is 1620. The van der Waals surface area contributed by atoms with Gasteiger partial charge in [0.1, 0.15) is 28.4 Å². The molecule has 2 unspecified atom stereocenters. The standard InChI is InChI=1S/C58H111N7O10/c1-15-17-19-21-23-25-27-29-31-33-35-39-44(38-34-32-30-28-26-24-22-20-18-16-2)62-49(67)47(64-53(70)74-57(9,10)11)45(40-36-43-61-51(68)72-55(3,4)5)48(66)46(63-52(69)73-56(6,7)8)41-37-42-60-50(59)65-54(71)75-58(12,13)14/h44-47H,15-43H2,1-14H3,(H,61,68)(H,62,67)(H,63,69)(H,64,70)(H3,59,60,65,71)/t44?,45?,46-,47-/m0/s1. The maximum Gasteiger partial charge on any atom is 0.414 e. The van der Waals surface area contributed by atoms with Crippen LogP contribution in [0.2, 0.25) is 0 Å². The number of ether oxygens (including phenoxy) is 4. The third-order valence-corrected chi connectivity index (χ3v) is 12.1. The van der Waals surface area contributed by atoms with Gasteiger partial charge in [0.2, 0.25) is 5.91 Å². The number of carbonyl (C=O) groups excluding carboxylic acids is 6. The fourth-order valence-corrected chi connectivity index (χ4v) is 8.56. The van der Waals surface area contributed by atoms with E-state index in [0.717, 1.165) is 51.4 Å². The highest BCUT2D eigenvalue weighted by Crippen LogP contribution is 2.23. The first-order valence-electron chi connectivity index (χ1n) is 29.2. The molecule has 75 heavy (non-hydrogen) atoms. The predicted molar refractivity (Wildman–Crippen MR) is 302 cm³/mol. The summed E-state index contributed by atoms with van der Waals surface area (Å²) in [4.78, 5) is 82.5. The molecule has 0 spiro atoms. The zero-order valence-corrected chi connectivity index (χ0v) is 49.9. The van der Waals surface area contributed by atoms with Crippen molar-refractivity contribution in [3.63, 3.8) is 0 Å². The smallest absolute Gasteiger partial charge is 0.414 e. The van der Waals surface area contributed by atoms with Crippen LogP contribution in [-0.2, 0) is 28.5 Å². The number of rotatable bonds is 38. The van der Waals surface area contributed by atoms with Gasteiger partial charge in [-0.1, -0.05) is 149 Å². The molecule has 0 saturated heterocycles. The molecule has 17 heteroatoms. The number of unbranched alkanes of at least 4 members (excludes halogenated alkanes) is 19. The monoisotopic (exact) mass is 1070 g/mol. The largest absolute Gasteiger partial charge is 0.444 e. The van der Waals surface area contributed by atoms with Gasteiger partial charge >= 0.3 is 24.4 Å². The number of alkyl carbamates (subject to hydrolysis) is 4. The fourth-order valence-electron chi connectivity index (χ4n) is 8.56. The highest BCUT2D eigenvalue weighted by Gasteiger charge is 2.40. The van der Waals surface area contributed by atoms with Gasteiger partial charge in [0, 0.05) is 25.0 Å². The van der Waals surface area contributed by atoms with Crippen LogP contribution in [0.5, 0.6) is 0 Å². The third-order valence-electron chi connectivity index (χ3n) is 12.1. The molecular formula is C58H111N7O10. The van der Waals surface area contributed by atoms with Crippen molar-refractivity contribution in [1.29, 1.82) is 5.41 Å². The van der Waals surface area contributed by atoms with Crippen molar-refractivity contribution < 1.29 is 47.7 Å². The van der Waals surface area contributed by atoms with E-state index in [-0.39, 0.29) is 50.8 Å². The highest BCUT2D eigenvalue weighted by atomic mass is 16.6. The first-order valence-corrected chi connectivity index (χ1v) is 29.2. The summed E-state index contributed by atoms with van der Waals surface area (Å²) in [5.74, 6) is -2.63. The minimum absolute atomic E-state index is 0.0133. The average molecular weight is 1070 g/mol. The molecule has 0 heterocycles. The third kappa shape index (κ3) is 42.5. The van der Waals surface area contributed by atoms with E-state index in [1.54, 1.807) is 83.1 Å². The van der Waals surface area contributed by atoms with Crippen molar-refractivity contribution in [2.24, 2.45) is 5.92 Å². The lowest BCUT2D eigenvalue weighted by Gasteiger charge is -2.32. The Morgan fingerprint density at radius 3 is 1.19 bits per heavy atom. The van der Waals surface area contributed by atoms with Crippen LogP contribution in [0.25, 0.3) is 0 Å². The van der Waals surface area contributed by atoms with E-state index in [1.165, 1.54) is 96.3 Å².